The molecule has 0 bridgehead atoms. The quantitative estimate of drug-likeness (QED) is 0.920. The Hall–Kier alpha value is -1.32. The van der Waals surface area contributed by atoms with Crippen molar-refractivity contribution in [2.75, 3.05) is 7.11 Å². The second-order valence-corrected chi connectivity index (χ2v) is 5.41. The highest BCUT2D eigenvalue weighted by atomic mass is 79.9. The Kier molecular flexibility index (Phi) is 4.27. The third-order valence-corrected chi connectivity index (χ3v) is 4.46. The molecule has 0 saturated carbocycles. The van der Waals surface area contributed by atoms with Crippen molar-refractivity contribution in [1.82, 2.24) is 0 Å². The summed E-state index contributed by atoms with van der Waals surface area (Å²) in [6, 6.07) is 11.5. The van der Waals surface area contributed by atoms with E-state index in [2.05, 4.69) is 15.9 Å². The van der Waals surface area contributed by atoms with Crippen LogP contribution in [0.4, 0.5) is 0 Å². The minimum Gasteiger partial charge on any atom is -0.496 e. The third kappa shape index (κ3) is 2.82. The number of benzene rings is 2. The predicted molar refractivity (Wildman–Crippen MR) is 80.7 cm³/mol. The molecule has 19 heavy (non-hydrogen) atoms. The van der Waals surface area contributed by atoms with Crippen molar-refractivity contribution in [2.24, 2.45) is 0 Å². The van der Waals surface area contributed by atoms with E-state index < -0.39 is 6.10 Å². The lowest BCUT2D eigenvalue weighted by molar-refractivity contribution is 0.214. The smallest absolute Gasteiger partial charge is 0.125 e. The zero-order chi connectivity index (χ0) is 14.0. The summed E-state index contributed by atoms with van der Waals surface area (Å²) in [6.07, 6.45) is -0.679. The highest BCUT2D eigenvalue weighted by Crippen LogP contribution is 2.32. The molecule has 0 heterocycles. The first kappa shape index (κ1) is 14.1. The topological polar surface area (TPSA) is 29.5 Å². The van der Waals surface area contributed by atoms with Crippen molar-refractivity contribution in [3.8, 4) is 5.75 Å². The summed E-state index contributed by atoms with van der Waals surface area (Å²) in [5.41, 5.74) is 3.89. The summed E-state index contributed by atoms with van der Waals surface area (Å²) in [7, 11) is 1.61. The van der Waals surface area contributed by atoms with E-state index in [9.17, 15) is 5.11 Å². The van der Waals surface area contributed by atoms with Crippen LogP contribution in [0.25, 0.3) is 0 Å². The fourth-order valence-corrected chi connectivity index (χ4v) is 2.44. The Labute approximate surface area is 122 Å². The van der Waals surface area contributed by atoms with Crippen LogP contribution in [-0.2, 0) is 0 Å². The molecule has 2 nitrogen and oxygen atoms in total. The first-order valence-electron chi connectivity index (χ1n) is 6.12. The molecule has 2 aromatic rings. The lowest BCUT2D eigenvalue weighted by Gasteiger charge is -2.17. The average Bonchev–Trinajstić information content (AvgIpc) is 2.43. The van der Waals surface area contributed by atoms with Gasteiger partial charge in [0.2, 0.25) is 0 Å². The number of hydrogen-bond donors (Lipinski definition) is 1. The SMILES string of the molecule is COc1ccccc1C(O)c1cc(C)c(Br)c(C)c1. The summed E-state index contributed by atoms with van der Waals surface area (Å²) >= 11 is 3.54. The lowest BCUT2D eigenvalue weighted by atomic mass is 9.97. The van der Waals surface area contributed by atoms with Crippen LogP contribution in [0.15, 0.2) is 40.9 Å². The Balaban J connectivity index is 2.47. The molecule has 0 fully saturated rings. The summed E-state index contributed by atoms with van der Waals surface area (Å²) in [5, 5.41) is 10.5. The maximum absolute atomic E-state index is 10.5. The van der Waals surface area contributed by atoms with Crippen LogP contribution in [-0.4, -0.2) is 12.2 Å². The minimum atomic E-state index is -0.679. The van der Waals surface area contributed by atoms with E-state index in [4.69, 9.17) is 4.74 Å². The van der Waals surface area contributed by atoms with Crippen LogP contribution in [0.1, 0.15) is 28.4 Å². The lowest BCUT2D eigenvalue weighted by Crippen LogP contribution is -2.03. The number of halogens is 1. The molecule has 1 unspecified atom stereocenters. The number of aliphatic hydroxyl groups excluding tert-OH is 1. The first-order valence-corrected chi connectivity index (χ1v) is 6.91. The van der Waals surface area contributed by atoms with Crippen LogP contribution < -0.4 is 4.74 Å². The fourth-order valence-electron chi connectivity index (χ4n) is 2.21. The molecule has 0 aliphatic rings. The standard InChI is InChI=1S/C16H17BrO2/c1-10-8-12(9-11(2)15(10)17)16(18)13-6-4-5-7-14(13)19-3/h4-9,16,18H,1-3H3. The molecule has 0 spiro atoms. The van der Waals surface area contributed by atoms with Gasteiger partial charge >= 0.3 is 0 Å². The van der Waals surface area contributed by atoms with E-state index in [1.165, 1.54) is 0 Å². The molecule has 2 aromatic carbocycles. The van der Waals surface area contributed by atoms with Crippen molar-refractivity contribution >= 4 is 15.9 Å². The zero-order valence-electron chi connectivity index (χ0n) is 11.3. The first-order chi connectivity index (χ1) is 9.04. The summed E-state index contributed by atoms with van der Waals surface area (Å²) in [6.45, 7) is 4.05. The molecule has 0 aliphatic heterocycles. The van der Waals surface area contributed by atoms with Crippen LogP contribution >= 0.6 is 15.9 Å². The van der Waals surface area contributed by atoms with E-state index in [-0.39, 0.29) is 0 Å². The van der Waals surface area contributed by atoms with Gasteiger partial charge in [-0.1, -0.05) is 46.3 Å². The molecule has 0 amide bonds. The molecule has 2 rings (SSSR count). The molecule has 3 heteroatoms. The van der Waals surface area contributed by atoms with E-state index in [0.717, 1.165) is 26.7 Å². The summed E-state index contributed by atoms with van der Waals surface area (Å²) in [4.78, 5) is 0. The zero-order valence-corrected chi connectivity index (χ0v) is 12.9. The van der Waals surface area contributed by atoms with Gasteiger partial charge in [0.25, 0.3) is 0 Å². The molecule has 0 aromatic heterocycles. The van der Waals surface area contributed by atoms with E-state index in [1.807, 2.05) is 50.2 Å². The third-order valence-electron chi connectivity index (χ3n) is 3.21. The minimum absolute atomic E-state index is 0.679. The fraction of sp³-hybridized carbons (Fsp3) is 0.250. The van der Waals surface area contributed by atoms with Gasteiger partial charge in [0.15, 0.2) is 0 Å². The molecule has 1 N–H and O–H groups in total. The van der Waals surface area contributed by atoms with Crippen LogP contribution in [0, 0.1) is 13.8 Å². The average molecular weight is 321 g/mol. The predicted octanol–water partition coefficient (Wildman–Crippen LogP) is 4.16. The van der Waals surface area contributed by atoms with Crippen molar-refractivity contribution in [1.29, 1.82) is 0 Å². The number of aryl methyl sites for hydroxylation is 2. The van der Waals surface area contributed by atoms with Gasteiger partial charge in [-0.15, -0.1) is 0 Å². The summed E-state index contributed by atoms with van der Waals surface area (Å²) in [5.74, 6) is 0.702. The second-order valence-electron chi connectivity index (χ2n) is 4.61. The van der Waals surface area contributed by atoms with Crippen molar-refractivity contribution in [3.63, 3.8) is 0 Å². The Morgan fingerprint density at radius 1 is 1.11 bits per heavy atom. The molecule has 0 radical (unpaired) electrons. The molecule has 1 atom stereocenters. The summed E-state index contributed by atoms with van der Waals surface area (Å²) < 4.78 is 6.39. The maximum atomic E-state index is 10.5. The van der Waals surface area contributed by atoms with Gasteiger partial charge in [0, 0.05) is 10.0 Å². The van der Waals surface area contributed by atoms with Gasteiger partial charge in [0.05, 0.1) is 7.11 Å². The van der Waals surface area contributed by atoms with Gasteiger partial charge < -0.3 is 9.84 Å². The number of hydrogen-bond acceptors (Lipinski definition) is 2. The molecular formula is C16H17BrO2. The van der Waals surface area contributed by atoms with Gasteiger partial charge in [-0.3, -0.25) is 0 Å². The number of rotatable bonds is 3. The van der Waals surface area contributed by atoms with Gasteiger partial charge in [-0.05, 0) is 36.6 Å². The maximum Gasteiger partial charge on any atom is 0.125 e. The van der Waals surface area contributed by atoms with Crippen molar-refractivity contribution in [3.05, 3.63) is 63.1 Å². The van der Waals surface area contributed by atoms with E-state index in [1.54, 1.807) is 7.11 Å². The number of ether oxygens (including phenoxy) is 1. The Morgan fingerprint density at radius 3 is 2.26 bits per heavy atom. The second kappa shape index (κ2) is 5.76. The van der Waals surface area contributed by atoms with Crippen LogP contribution in [0.2, 0.25) is 0 Å². The highest BCUT2D eigenvalue weighted by molar-refractivity contribution is 9.10. The number of aliphatic hydroxyl groups is 1. The van der Waals surface area contributed by atoms with Gasteiger partial charge in [-0.25, -0.2) is 0 Å². The molecule has 0 saturated heterocycles. The van der Waals surface area contributed by atoms with E-state index in [0.29, 0.717) is 5.75 Å². The largest absolute Gasteiger partial charge is 0.496 e. The van der Waals surface area contributed by atoms with Crippen molar-refractivity contribution < 1.29 is 9.84 Å². The van der Waals surface area contributed by atoms with Crippen LogP contribution in [0.3, 0.4) is 0 Å². The molecule has 100 valence electrons. The monoisotopic (exact) mass is 320 g/mol. The molecule has 0 aliphatic carbocycles. The number of methoxy groups -OCH3 is 1. The molecular weight excluding hydrogens is 304 g/mol. The highest BCUT2D eigenvalue weighted by Gasteiger charge is 2.16. The Morgan fingerprint density at radius 2 is 1.68 bits per heavy atom. The van der Waals surface area contributed by atoms with Gasteiger partial charge in [-0.2, -0.15) is 0 Å². The number of para-hydroxylation sites is 1. The normalized spacial score (nSPS) is 12.3. The van der Waals surface area contributed by atoms with Gasteiger partial charge in [0.1, 0.15) is 11.9 Å². The van der Waals surface area contributed by atoms with E-state index >= 15 is 0 Å². The Bertz CT molecular complexity index is 570. The van der Waals surface area contributed by atoms with Crippen LogP contribution in [0.5, 0.6) is 5.75 Å². The van der Waals surface area contributed by atoms with Crippen molar-refractivity contribution in [2.45, 2.75) is 20.0 Å².